The Hall–Kier alpha value is -1.68. The molecule has 4 heteroatoms. The fourth-order valence-corrected chi connectivity index (χ4v) is 0.702. The first-order valence-electron chi connectivity index (χ1n) is 3.80. The molecule has 4 nitrogen and oxygen atoms in total. The van der Waals surface area contributed by atoms with Crippen molar-refractivity contribution in [1.82, 2.24) is 10.5 Å². The SMILES string of the molecule is C=CCNOC(=O)c1ccccn1. The molecule has 0 aromatic carbocycles. The van der Waals surface area contributed by atoms with E-state index in [0.29, 0.717) is 6.54 Å². The Morgan fingerprint density at radius 2 is 2.54 bits per heavy atom. The molecule has 0 unspecified atom stereocenters. The molecule has 0 bridgehead atoms. The molecule has 1 N–H and O–H groups in total. The van der Waals surface area contributed by atoms with Crippen molar-refractivity contribution in [3.63, 3.8) is 0 Å². The number of pyridine rings is 1. The molecule has 0 saturated carbocycles. The fraction of sp³-hybridized carbons (Fsp3) is 0.111. The first kappa shape index (κ1) is 9.41. The first-order chi connectivity index (χ1) is 6.34. The van der Waals surface area contributed by atoms with Crippen LogP contribution in [-0.2, 0) is 4.84 Å². The molecule has 0 saturated heterocycles. The molecule has 13 heavy (non-hydrogen) atoms. The van der Waals surface area contributed by atoms with Crippen molar-refractivity contribution in [2.45, 2.75) is 0 Å². The van der Waals surface area contributed by atoms with Gasteiger partial charge in [0.1, 0.15) is 5.69 Å². The number of hydrogen-bond acceptors (Lipinski definition) is 4. The molecule has 68 valence electrons. The highest BCUT2D eigenvalue weighted by molar-refractivity contribution is 5.86. The maximum atomic E-state index is 11.1. The Balaban J connectivity index is 2.45. The lowest BCUT2D eigenvalue weighted by Crippen LogP contribution is -2.20. The topological polar surface area (TPSA) is 51.2 Å². The minimum absolute atomic E-state index is 0.277. The van der Waals surface area contributed by atoms with Crippen LogP contribution in [0.4, 0.5) is 0 Å². The van der Waals surface area contributed by atoms with Gasteiger partial charge in [0.15, 0.2) is 0 Å². The predicted octanol–water partition coefficient (Wildman–Crippen LogP) is 0.929. The summed E-state index contributed by atoms with van der Waals surface area (Å²) in [5.41, 5.74) is 2.70. The van der Waals surface area contributed by atoms with Gasteiger partial charge in [0.2, 0.25) is 0 Å². The molecule has 1 rings (SSSR count). The highest BCUT2D eigenvalue weighted by Crippen LogP contribution is 1.94. The minimum atomic E-state index is -0.498. The zero-order valence-corrected chi connectivity index (χ0v) is 7.06. The van der Waals surface area contributed by atoms with E-state index in [1.165, 1.54) is 6.20 Å². The van der Waals surface area contributed by atoms with Gasteiger partial charge in [-0.15, -0.1) is 12.1 Å². The summed E-state index contributed by atoms with van der Waals surface area (Å²) in [6, 6.07) is 5.03. The van der Waals surface area contributed by atoms with Crippen LogP contribution < -0.4 is 5.48 Å². The Morgan fingerprint density at radius 1 is 1.69 bits per heavy atom. The maximum absolute atomic E-state index is 11.1. The number of carbonyl (C=O) groups excluding carboxylic acids is 1. The van der Waals surface area contributed by atoms with Gasteiger partial charge in [-0.25, -0.2) is 9.78 Å². The second kappa shape index (κ2) is 5.05. The average Bonchev–Trinajstić information content (AvgIpc) is 2.19. The van der Waals surface area contributed by atoms with Gasteiger partial charge in [-0.2, -0.15) is 0 Å². The molecule has 0 fully saturated rings. The molecule has 0 aliphatic carbocycles. The molecule has 1 aromatic rings. The van der Waals surface area contributed by atoms with Crippen molar-refractivity contribution in [3.8, 4) is 0 Å². The number of carbonyl (C=O) groups is 1. The van der Waals surface area contributed by atoms with E-state index >= 15 is 0 Å². The van der Waals surface area contributed by atoms with E-state index in [-0.39, 0.29) is 5.69 Å². The van der Waals surface area contributed by atoms with E-state index in [2.05, 4.69) is 21.9 Å². The Labute approximate surface area is 76.2 Å². The molecule has 0 aliphatic rings. The highest BCUT2D eigenvalue weighted by atomic mass is 16.7. The van der Waals surface area contributed by atoms with Gasteiger partial charge in [0.25, 0.3) is 0 Å². The molecular weight excluding hydrogens is 168 g/mol. The van der Waals surface area contributed by atoms with Gasteiger partial charge in [-0.3, -0.25) is 0 Å². The van der Waals surface area contributed by atoms with Crippen molar-refractivity contribution >= 4 is 5.97 Å². The van der Waals surface area contributed by atoms with E-state index in [1.807, 2.05) is 0 Å². The van der Waals surface area contributed by atoms with Crippen LogP contribution in [0.3, 0.4) is 0 Å². The van der Waals surface area contributed by atoms with Crippen LogP contribution in [0.15, 0.2) is 37.1 Å². The predicted molar refractivity (Wildman–Crippen MR) is 47.9 cm³/mol. The number of aromatic nitrogens is 1. The van der Waals surface area contributed by atoms with Crippen LogP contribution in [0.2, 0.25) is 0 Å². The minimum Gasteiger partial charge on any atom is -0.365 e. The standard InChI is InChI=1S/C9H10N2O2/c1-2-6-11-13-9(12)8-5-3-4-7-10-8/h2-5,7,11H,1,6H2. The van der Waals surface area contributed by atoms with Crippen molar-refractivity contribution in [2.24, 2.45) is 0 Å². The van der Waals surface area contributed by atoms with Crippen molar-refractivity contribution in [3.05, 3.63) is 42.7 Å². The molecule has 1 heterocycles. The van der Waals surface area contributed by atoms with Crippen LogP contribution in [0.25, 0.3) is 0 Å². The summed E-state index contributed by atoms with van der Waals surface area (Å²) >= 11 is 0. The van der Waals surface area contributed by atoms with Crippen LogP contribution >= 0.6 is 0 Å². The summed E-state index contributed by atoms with van der Waals surface area (Å²) in [6.45, 7) is 3.88. The Bertz CT molecular complexity index is 285. The van der Waals surface area contributed by atoms with E-state index < -0.39 is 5.97 Å². The third-order valence-electron chi connectivity index (χ3n) is 1.27. The highest BCUT2D eigenvalue weighted by Gasteiger charge is 2.06. The summed E-state index contributed by atoms with van der Waals surface area (Å²) in [6.07, 6.45) is 3.12. The molecule has 0 spiro atoms. The van der Waals surface area contributed by atoms with E-state index in [1.54, 1.807) is 24.3 Å². The van der Waals surface area contributed by atoms with Gasteiger partial charge in [-0.05, 0) is 12.1 Å². The normalized spacial score (nSPS) is 9.23. The third kappa shape index (κ3) is 3.04. The monoisotopic (exact) mass is 178 g/mol. The third-order valence-corrected chi connectivity index (χ3v) is 1.27. The van der Waals surface area contributed by atoms with Gasteiger partial charge in [0, 0.05) is 12.7 Å². The number of hydrogen-bond donors (Lipinski definition) is 1. The quantitative estimate of drug-likeness (QED) is 0.423. The fourth-order valence-electron chi connectivity index (χ4n) is 0.702. The lowest BCUT2D eigenvalue weighted by molar-refractivity contribution is 0.0272. The van der Waals surface area contributed by atoms with Gasteiger partial charge in [-0.1, -0.05) is 12.1 Å². The molecule has 0 amide bonds. The van der Waals surface area contributed by atoms with Crippen LogP contribution in [0.5, 0.6) is 0 Å². The maximum Gasteiger partial charge on any atom is 0.375 e. The summed E-state index contributed by atoms with van der Waals surface area (Å²) in [5.74, 6) is -0.498. The number of rotatable bonds is 4. The molecular formula is C9H10N2O2. The lowest BCUT2D eigenvalue weighted by atomic mass is 10.4. The molecule has 0 radical (unpaired) electrons. The van der Waals surface area contributed by atoms with Crippen LogP contribution in [0.1, 0.15) is 10.5 Å². The Kier molecular flexibility index (Phi) is 3.66. The Morgan fingerprint density at radius 3 is 3.15 bits per heavy atom. The van der Waals surface area contributed by atoms with E-state index in [0.717, 1.165) is 0 Å². The van der Waals surface area contributed by atoms with Gasteiger partial charge >= 0.3 is 5.97 Å². The van der Waals surface area contributed by atoms with Crippen molar-refractivity contribution in [1.29, 1.82) is 0 Å². The smallest absolute Gasteiger partial charge is 0.365 e. The summed E-state index contributed by atoms with van der Waals surface area (Å²) in [7, 11) is 0. The second-order valence-electron chi connectivity index (χ2n) is 2.24. The number of hydroxylamine groups is 1. The van der Waals surface area contributed by atoms with Crippen molar-refractivity contribution in [2.75, 3.05) is 6.54 Å². The zero-order chi connectivity index (χ0) is 9.52. The largest absolute Gasteiger partial charge is 0.375 e. The van der Waals surface area contributed by atoms with Crippen LogP contribution in [0, 0.1) is 0 Å². The van der Waals surface area contributed by atoms with Crippen LogP contribution in [-0.4, -0.2) is 17.5 Å². The van der Waals surface area contributed by atoms with Gasteiger partial charge < -0.3 is 4.84 Å². The lowest BCUT2D eigenvalue weighted by Gasteiger charge is -2.01. The summed E-state index contributed by atoms with van der Waals surface area (Å²) in [4.78, 5) is 19.6. The van der Waals surface area contributed by atoms with Crippen molar-refractivity contribution < 1.29 is 9.63 Å². The summed E-state index contributed by atoms with van der Waals surface area (Å²) < 4.78 is 0. The van der Waals surface area contributed by atoms with Gasteiger partial charge in [0.05, 0.1) is 0 Å². The van der Waals surface area contributed by atoms with E-state index in [4.69, 9.17) is 0 Å². The average molecular weight is 178 g/mol. The molecule has 0 aliphatic heterocycles. The number of nitrogens with zero attached hydrogens (tertiary/aromatic N) is 1. The number of nitrogens with one attached hydrogen (secondary N) is 1. The summed E-state index contributed by atoms with van der Waals surface area (Å²) in [5, 5.41) is 0. The first-order valence-corrected chi connectivity index (χ1v) is 3.80. The second-order valence-corrected chi connectivity index (χ2v) is 2.24. The molecule has 1 aromatic heterocycles. The molecule has 0 atom stereocenters. The zero-order valence-electron chi connectivity index (χ0n) is 7.06. The van der Waals surface area contributed by atoms with E-state index in [9.17, 15) is 4.79 Å².